The molecule has 0 amide bonds. The molecule has 8 aromatic carbocycles. The summed E-state index contributed by atoms with van der Waals surface area (Å²) in [5.74, 6) is -8.86. The number of hydrogen-bond acceptors (Lipinski definition) is 16. The third-order valence-electron chi connectivity index (χ3n) is 13.6. The molecule has 416 valence electrons. The van der Waals surface area contributed by atoms with Gasteiger partial charge in [0.25, 0.3) is 0 Å². The number of rotatable bonds is 12. The zero-order valence-electron chi connectivity index (χ0n) is 42.0. The topological polar surface area (TPSA) is 254 Å². The van der Waals surface area contributed by atoms with Crippen molar-refractivity contribution in [1.29, 1.82) is 0 Å². The van der Waals surface area contributed by atoms with E-state index in [4.69, 9.17) is 63.1 Å². The highest BCUT2D eigenvalue weighted by atomic mass is 35.5. The van der Waals surface area contributed by atoms with Crippen molar-refractivity contribution in [2.24, 2.45) is 0 Å². The van der Waals surface area contributed by atoms with E-state index in [1.807, 2.05) is 0 Å². The summed E-state index contributed by atoms with van der Waals surface area (Å²) in [6, 6.07) is 29.3. The summed E-state index contributed by atoms with van der Waals surface area (Å²) in [7, 11) is -19.2. The van der Waals surface area contributed by atoms with Crippen LogP contribution >= 0.6 is 46.4 Å². The van der Waals surface area contributed by atoms with Gasteiger partial charge in [0.05, 0.1) is 0 Å². The van der Waals surface area contributed by atoms with Gasteiger partial charge in [-0.2, -0.15) is 33.7 Å². The highest BCUT2D eigenvalue weighted by Crippen LogP contribution is 2.51. The van der Waals surface area contributed by atoms with Gasteiger partial charge in [-0.15, -0.1) is 0 Å². The fraction of sp³-hybridized carbons (Fsp3) is 0.143. The Hall–Kier alpha value is -6.88. The molecule has 1 aliphatic rings. The van der Waals surface area contributed by atoms with Gasteiger partial charge in [-0.25, -0.2) is 0 Å². The predicted molar refractivity (Wildman–Crippen MR) is 300 cm³/mol. The summed E-state index contributed by atoms with van der Waals surface area (Å²) in [4.78, 5) is -1.45. The maximum atomic E-state index is 14.2. The van der Waals surface area contributed by atoms with Crippen molar-refractivity contribution < 1.29 is 70.8 Å². The largest absolute Gasteiger partial charge is 0.508 e. The quantitative estimate of drug-likeness (QED) is 0.0830. The third-order valence-corrected chi connectivity index (χ3v) is 19.6. The molecule has 0 heterocycles. The molecule has 0 fully saturated rings. The van der Waals surface area contributed by atoms with Crippen molar-refractivity contribution >= 4 is 86.9 Å². The van der Waals surface area contributed by atoms with Gasteiger partial charge in [-0.1, -0.05) is 74.1 Å². The van der Waals surface area contributed by atoms with Crippen LogP contribution in [0.15, 0.2) is 165 Å². The molecule has 0 saturated carbocycles. The fourth-order valence-electron chi connectivity index (χ4n) is 9.18. The Morgan fingerprint density at radius 2 is 0.463 bits per heavy atom. The SMILES string of the molecule is C[C@@H]1c2cc(c(O)cc2O)[C@H](C)c2cc(c(OS(=O)(=O)c3ccc(Cl)cc3)cc2OS(=O)(=O)c2ccc(Cl)cc2)[C@H](C)c2cc(c(O)cc2O)[C@H](C)c2cc1c(OS(=O)(=O)c1ccc(Cl)cc1)cc2OS(=O)(=O)c1ccc(Cl)cc1. The summed E-state index contributed by atoms with van der Waals surface area (Å²) < 4.78 is 137. The van der Waals surface area contributed by atoms with Crippen molar-refractivity contribution in [3.63, 3.8) is 0 Å². The van der Waals surface area contributed by atoms with Crippen LogP contribution in [-0.2, 0) is 40.5 Å². The molecule has 24 heteroatoms. The van der Waals surface area contributed by atoms with Crippen molar-refractivity contribution in [3.8, 4) is 46.0 Å². The number of benzene rings is 8. The molecule has 8 bridgehead atoms. The van der Waals surface area contributed by atoms with Gasteiger partial charge in [-0.3, -0.25) is 0 Å². The smallest absolute Gasteiger partial charge is 0.339 e. The minimum absolute atomic E-state index is 0.000154. The molecule has 0 spiro atoms. The number of phenolic OH excluding ortho intramolecular Hbond substituents is 4. The average molecular weight is 1240 g/mol. The van der Waals surface area contributed by atoms with E-state index in [2.05, 4.69) is 0 Å². The van der Waals surface area contributed by atoms with E-state index in [1.54, 1.807) is 0 Å². The van der Waals surface area contributed by atoms with Crippen molar-refractivity contribution in [1.82, 2.24) is 0 Å². The van der Waals surface area contributed by atoms with Gasteiger partial charge in [0.15, 0.2) is 23.0 Å². The summed E-state index contributed by atoms with van der Waals surface area (Å²) in [6.45, 7) is 6.15. The Bertz CT molecular complexity index is 3690. The highest BCUT2D eigenvalue weighted by Gasteiger charge is 2.35. The number of hydrogen-bond donors (Lipinski definition) is 4. The third kappa shape index (κ3) is 11.7. The maximum Gasteiger partial charge on any atom is 0.339 e. The summed E-state index contributed by atoms with van der Waals surface area (Å²) in [5.41, 5.74) is -0.0996. The fourth-order valence-corrected chi connectivity index (χ4v) is 13.5. The minimum Gasteiger partial charge on any atom is -0.508 e. The zero-order chi connectivity index (χ0) is 58.0. The first-order valence-corrected chi connectivity index (χ1v) is 31.0. The zero-order valence-corrected chi connectivity index (χ0v) is 48.3. The van der Waals surface area contributed by atoms with Gasteiger partial charge < -0.3 is 37.2 Å². The number of phenols is 4. The van der Waals surface area contributed by atoms with Crippen LogP contribution in [0.2, 0.25) is 20.1 Å². The van der Waals surface area contributed by atoms with Crippen molar-refractivity contribution in [2.75, 3.05) is 0 Å². The Morgan fingerprint density at radius 1 is 0.287 bits per heavy atom. The molecule has 0 radical (unpaired) electrons. The van der Waals surface area contributed by atoms with E-state index in [1.165, 1.54) is 149 Å². The summed E-state index contributed by atoms with van der Waals surface area (Å²) in [6.07, 6.45) is 0. The van der Waals surface area contributed by atoms with Gasteiger partial charge in [0.1, 0.15) is 42.6 Å². The van der Waals surface area contributed by atoms with Crippen LogP contribution in [0, 0.1) is 0 Å². The molecule has 4 atom stereocenters. The van der Waals surface area contributed by atoms with Gasteiger partial charge >= 0.3 is 40.5 Å². The van der Waals surface area contributed by atoms with Crippen molar-refractivity contribution in [3.05, 3.63) is 210 Å². The molecular weight excluding hydrogens is 1200 g/mol. The molecule has 8 aromatic rings. The Balaban J connectivity index is 1.35. The van der Waals surface area contributed by atoms with Gasteiger partial charge in [0, 0.05) is 113 Å². The maximum absolute atomic E-state index is 14.2. The minimum atomic E-state index is -4.81. The van der Waals surface area contributed by atoms with Crippen LogP contribution in [0.1, 0.15) is 95.9 Å². The molecule has 80 heavy (non-hydrogen) atoms. The normalized spacial score (nSPS) is 16.6. The second-order valence-corrected chi connectivity index (χ2v) is 26.6. The lowest BCUT2D eigenvalue weighted by Gasteiger charge is -2.27. The van der Waals surface area contributed by atoms with E-state index >= 15 is 0 Å². The number of fused-ring (bicyclic) bond motifs is 8. The monoisotopic (exact) mass is 1240 g/mol. The van der Waals surface area contributed by atoms with E-state index in [9.17, 15) is 54.1 Å². The first-order chi connectivity index (χ1) is 37.5. The molecule has 16 nitrogen and oxygen atoms in total. The van der Waals surface area contributed by atoms with Crippen LogP contribution in [-0.4, -0.2) is 54.1 Å². The number of halogens is 4. The van der Waals surface area contributed by atoms with E-state index in [-0.39, 0.29) is 84.2 Å². The van der Waals surface area contributed by atoms with E-state index in [0.717, 1.165) is 24.3 Å². The summed E-state index contributed by atoms with van der Waals surface area (Å²) >= 11 is 24.4. The molecule has 4 N–H and O–H groups in total. The standard InChI is InChI=1S/C56H44Cl4O16S4/c1-29-41-21-42(50(62)25-49(41)61)30(2)47-24-48(56(76-80(71,72)40-19-11-36(60)12-20-40)28-55(47)75-79(69,70)39-17-9-35(59)10-18-39)32(4)44-22-43(51(63)26-52(44)64)31(3)46-23-45(29)53(73-77(65,66)37-13-5-33(57)6-14-37)27-54(46)74-78(67,68)38-15-7-34(58)8-16-38/h5-32,61-64H,1-4H3/t29-,30+,31+,32-. The number of aromatic hydroxyl groups is 4. The lowest BCUT2D eigenvalue weighted by molar-refractivity contribution is 0.438. The lowest BCUT2D eigenvalue weighted by Crippen LogP contribution is -2.16. The second-order valence-electron chi connectivity index (χ2n) is 18.6. The molecule has 9 rings (SSSR count). The predicted octanol–water partition coefficient (Wildman–Crippen LogP) is 13.1. The first kappa shape index (κ1) is 57.8. The van der Waals surface area contributed by atoms with Gasteiger partial charge in [-0.05, 0) is 121 Å². The van der Waals surface area contributed by atoms with Crippen LogP contribution < -0.4 is 16.7 Å². The van der Waals surface area contributed by atoms with Crippen molar-refractivity contribution in [2.45, 2.75) is 70.9 Å². The van der Waals surface area contributed by atoms with Crippen LogP contribution in [0.3, 0.4) is 0 Å². The van der Waals surface area contributed by atoms with E-state index < -0.39 is 110 Å². The van der Waals surface area contributed by atoms with Gasteiger partial charge in [0.2, 0.25) is 0 Å². The highest BCUT2D eigenvalue weighted by molar-refractivity contribution is 7.88. The molecular formula is C56H44Cl4O16S4. The van der Waals surface area contributed by atoms with Crippen LogP contribution in [0.25, 0.3) is 0 Å². The Labute approximate surface area is 481 Å². The Morgan fingerprint density at radius 3 is 0.650 bits per heavy atom. The molecule has 0 aromatic heterocycles. The molecule has 0 unspecified atom stereocenters. The summed E-state index contributed by atoms with van der Waals surface area (Å²) in [5, 5.41) is 48.0. The van der Waals surface area contributed by atoms with Crippen LogP contribution in [0.4, 0.5) is 0 Å². The Kier molecular flexibility index (Phi) is 15.8. The second kappa shape index (κ2) is 21.9. The molecule has 0 aliphatic heterocycles. The van der Waals surface area contributed by atoms with E-state index in [0.29, 0.717) is 0 Å². The lowest BCUT2D eigenvalue weighted by atomic mass is 9.81. The molecule has 0 saturated heterocycles. The first-order valence-electron chi connectivity index (χ1n) is 23.8. The average Bonchev–Trinajstić information content (AvgIpc) is 3.41. The van der Waals surface area contributed by atoms with Crippen LogP contribution in [0.5, 0.6) is 46.0 Å². The molecule has 1 aliphatic carbocycles.